The Labute approximate surface area is 148 Å². The summed E-state index contributed by atoms with van der Waals surface area (Å²) in [6.45, 7) is 13.8. The molecule has 1 aliphatic rings. The number of benzene rings is 1. The summed E-state index contributed by atoms with van der Waals surface area (Å²) >= 11 is 0. The number of methoxy groups -OCH3 is 1. The molecule has 0 saturated heterocycles. The standard InChI is InChI=1S/C21H32O2Si/c1-7-8-10-15-18(23-16-22-4)19-20(21(19,2)3)24(5,6)17-13-11-9-12-14-17/h7,9,11-14,18H,1,8,10,15-16H2,2-6H3. The molecule has 0 radical (unpaired) electrons. The maximum absolute atomic E-state index is 6.07. The van der Waals surface area contributed by atoms with Gasteiger partial charge in [-0.25, -0.2) is 0 Å². The molecule has 132 valence electrons. The van der Waals surface area contributed by atoms with Gasteiger partial charge in [0.1, 0.15) is 14.9 Å². The highest BCUT2D eigenvalue weighted by Gasteiger charge is 2.55. The molecule has 1 aliphatic carbocycles. The average Bonchev–Trinajstić information content (AvgIpc) is 3.15. The molecule has 1 unspecified atom stereocenters. The summed E-state index contributed by atoms with van der Waals surface area (Å²) in [5.41, 5.74) is 1.70. The van der Waals surface area contributed by atoms with Crippen LogP contribution in [0.25, 0.3) is 0 Å². The SMILES string of the molecule is C=CCCCC(OCOC)C1=C([Si](C)(C)c2ccccc2)C1(C)C. The minimum Gasteiger partial charge on any atom is -0.359 e. The van der Waals surface area contributed by atoms with Gasteiger partial charge in [-0.05, 0) is 24.8 Å². The van der Waals surface area contributed by atoms with Gasteiger partial charge in [-0.2, -0.15) is 0 Å². The fourth-order valence-corrected chi connectivity index (χ4v) is 8.18. The molecule has 0 aromatic heterocycles. The summed E-state index contributed by atoms with van der Waals surface area (Å²) in [5.74, 6) is 0. The van der Waals surface area contributed by atoms with Gasteiger partial charge in [0.2, 0.25) is 0 Å². The molecule has 0 spiro atoms. The van der Waals surface area contributed by atoms with E-state index < -0.39 is 8.07 Å². The van der Waals surface area contributed by atoms with E-state index in [1.165, 1.54) is 10.8 Å². The van der Waals surface area contributed by atoms with Crippen molar-refractivity contribution in [2.24, 2.45) is 5.41 Å². The summed E-state index contributed by atoms with van der Waals surface area (Å²) in [6, 6.07) is 11.0. The number of unbranched alkanes of at least 4 members (excludes halogenated alkanes) is 1. The number of ether oxygens (including phenoxy) is 2. The highest BCUT2D eigenvalue weighted by molar-refractivity contribution is 6.97. The van der Waals surface area contributed by atoms with Gasteiger partial charge in [-0.1, -0.05) is 73.7 Å². The van der Waals surface area contributed by atoms with Crippen LogP contribution in [0.3, 0.4) is 0 Å². The molecule has 0 N–H and O–H groups in total. The van der Waals surface area contributed by atoms with Crippen LogP contribution >= 0.6 is 0 Å². The molecule has 1 aromatic carbocycles. The zero-order chi connectivity index (χ0) is 17.8. The molecule has 0 amide bonds. The second-order valence-electron chi connectivity index (χ2n) is 7.69. The van der Waals surface area contributed by atoms with Gasteiger partial charge >= 0.3 is 0 Å². The third kappa shape index (κ3) is 3.90. The highest BCUT2D eigenvalue weighted by atomic mass is 28.3. The monoisotopic (exact) mass is 344 g/mol. The Balaban J connectivity index is 2.28. The van der Waals surface area contributed by atoms with Crippen molar-refractivity contribution in [2.75, 3.05) is 13.9 Å². The lowest BCUT2D eigenvalue weighted by Gasteiger charge is -2.23. The van der Waals surface area contributed by atoms with Gasteiger partial charge in [-0.3, -0.25) is 0 Å². The molecule has 2 nitrogen and oxygen atoms in total. The van der Waals surface area contributed by atoms with E-state index in [9.17, 15) is 0 Å². The molecular formula is C21H32O2Si. The molecule has 0 saturated carbocycles. The fraction of sp³-hybridized carbons (Fsp3) is 0.524. The van der Waals surface area contributed by atoms with E-state index in [4.69, 9.17) is 9.47 Å². The van der Waals surface area contributed by atoms with Gasteiger partial charge in [0, 0.05) is 12.5 Å². The lowest BCUT2D eigenvalue weighted by molar-refractivity contribution is -0.0620. The van der Waals surface area contributed by atoms with Gasteiger partial charge < -0.3 is 9.47 Å². The van der Waals surface area contributed by atoms with E-state index in [2.05, 4.69) is 63.9 Å². The summed E-state index contributed by atoms with van der Waals surface area (Å²) in [4.78, 5) is 0. The van der Waals surface area contributed by atoms with Crippen molar-refractivity contribution in [1.29, 1.82) is 0 Å². The van der Waals surface area contributed by atoms with Gasteiger partial charge in [-0.15, -0.1) is 6.58 Å². The molecule has 0 bridgehead atoms. The number of allylic oxidation sites excluding steroid dienone is 2. The zero-order valence-corrected chi connectivity index (χ0v) is 16.9. The van der Waals surface area contributed by atoms with E-state index in [1.807, 2.05) is 6.08 Å². The molecule has 0 aliphatic heterocycles. The van der Waals surface area contributed by atoms with Crippen LogP contribution in [0.5, 0.6) is 0 Å². The first-order valence-electron chi connectivity index (χ1n) is 8.90. The Bertz CT molecular complexity index is 587. The molecule has 2 rings (SSSR count). The first kappa shape index (κ1) is 19.2. The smallest absolute Gasteiger partial charge is 0.147 e. The molecule has 24 heavy (non-hydrogen) atoms. The molecule has 0 heterocycles. The molecule has 3 heteroatoms. The van der Waals surface area contributed by atoms with Crippen LogP contribution in [0.2, 0.25) is 13.1 Å². The van der Waals surface area contributed by atoms with E-state index in [1.54, 1.807) is 12.3 Å². The van der Waals surface area contributed by atoms with Crippen LogP contribution in [0.1, 0.15) is 33.1 Å². The second-order valence-corrected chi connectivity index (χ2v) is 12.0. The zero-order valence-electron chi connectivity index (χ0n) is 15.9. The number of rotatable bonds is 10. The minimum absolute atomic E-state index is 0.172. The highest BCUT2D eigenvalue weighted by Crippen LogP contribution is 2.58. The third-order valence-electron chi connectivity index (χ3n) is 5.21. The predicted octanol–water partition coefficient (Wildman–Crippen LogP) is 4.82. The lowest BCUT2D eigenvalue weighted by Crippen LogP contribution is -2.42. The van der Waals surface area contributed by atoms with E-state index >= 15 is 0 Å². The van der Waals surface area contributed by atoms with Gasteiger partial charge in [0.05, 0.1) is 6.10 Å². The van der Waals surface area contributed by atoms with E-state index in [0.29, 0.717) is 6.79 Å². The maximum Gasteiger partial charge on any atom is 0.147 e. The topological polar surface area (TPSA) is 18.5 Å². The van der Waals surface area contributed by atoms with E-state index in [0.717, 1.165) is 19.3 Å². The molecule has 1 aromatic rings. The maximum atomic E-state index is 6.07. The first-order valence-corrected chi connectivity index (χ1v) is 11.9. The van der Waals surface area contributed by atoms with Crippen molar-refractivity contribution in [1.82, 2.24) is 0 Å². The van der Waals surface area contributed by atoms with Gasteiger partial charge in [0.25, 0.3) is 0 Å². The summed E-state index contributed by atoms with van der Waals surface area (Å²) in [7, 11) is 0.0362. The summed E-state index contributed by atoms with van der Waals surface area (Å²) in [5, 5.41) is 3.15. The van der Waals surface area contributed by atoms with Crippen molar-refractivity contribution < 1.29 is 9.47 Å². The quantitative estimate of drug-likeness (QED) is 0.262. The Morgan fingerprint density at radius 3 is 2.46 bits per heavy atom. The Kier molecular flexibility index (Phi) is 6.24. The van der Waals surface area contributed by atoms with Crippen LogP contribution in [0, 0.1) is 5.41 Å². The first-order chi connectivity index (χ1) is 11.4. The van der Waals surface area contributed by atoms with E-state index in [-0.39, 0.29) is 11.5 Å². The number of hydrogen-bond donors (Lipinski definition) is 0. The molecule has 0 fully saturated rings. The average molecular weight is 345 g/mol. The lowest BCUT2D eigenvalue weighted by atomic mass is 10.00. The normalized spacial score (nSPS) is 17.7. The summed E-state index contributed by atoms with van der Waals surface area (Å²) < 4.78 is 11.2. The fourth-order valence-electron chi connectivity index (χ4n) is 4.09. The Morgan fingerprint density at radius 1 is 1.21 bits per heavy atom. The molecule has 1 atom stereocenters. The molecular weight excluding hydrogens is 312 g/mol. The minimum atomic E-state index is -1.66. The van der Waals surface area contributed by atoms with Crippen molar-refractivity contribution in [3.8, 4) is 0 Å². The second kappa shape index (κ2) is 7.81. The third-order valence-corrected chi connectivity index (χ3v) is 9.13. The summed E-state index contributed by atoms with van der Waals surface area (Å²) in [6.07, 6.45) is 5.35. The van der Waals surface area contributed by atoms with Crippen molar-refractivity contribution in [3.05, 3.63) is 53.8 Å². The predicted molar refractivity (Wildman–Crippen MR) is 105 cm³/mol. The van der Waals surface area contributed by atoms with Crippen molar-refractivity contribution >= 4 is 13.3 Å². The van der Waals surface area contributed by atoms with Gasteiger partial charge in [0.15, 0.2) is 0 Å². The largest absolute Gasteiger partial charge is 0.359 e. The number of hydrogen-bond acceptors (Lipinski definition) is 2. The van der Waals surface area contributed by atoms with Crippen LogP contribution < -0.4 is 5.19 Å². The van der Waals surface area contributed by atoms with Crippen LogP contribution in [0.4, 0.5) is 0 Å². The van der Waals surface area contributed by atoms with Crippen LogP contribution in [-0.2, 0) is 9.47 Å². The Morgan fingerprint density at radius 2 is 1.88 bits per heavy atom. The van der Waals surface area contributed by atoms with Crippen LogP contribution in [-0.4, -0.2) is 28.1 Å². The van der Waals surface area contributed by atoms with Crippen molar-refractivity contribution in [3.63, 3.8) is 0 Å². The van der Waals surface area contributed by atoms with Crippen molar-refractivity contribution in [2.45, 2.75) is 52.3 Å². The Hall–Kier alpha value is -1.16. The van der Waals surface area contributed by atoms with Crippen LogP contribution in [0.15, 0.2) is 53.8 Å².